The van der Waals surface area contributed by atoms with Crippen molar-refractivity contribution in [1.82, 2.24) is 4.68 Å². The molecule has 4 aromatic carbocycles. The fourth-order valence-electron chi connectivity index (χ4n) is 8.31. The molecule has 0 spiro atoms. The van der Waals surface area contributed by atoms with Gasteiger partial charge < -0.3 is 5.32 Å². The van der Waals surface area contributed by atoms with E-state index in [1.54, 1.807) is 0 Å². The lowest BCUT2D eigenvalue weighted by molar-refractivity contribution is -1.01. The number of aromatic nitrogens is 1. The highest BCUT2D eigenvalue weighted by molar-refractivity contribution is 6.15. The molecule has 4 aliphatic rings. The van der Waals surface area contributed by atoms with Crippen molar-refractivity contribution in [2.75, 3.05) is 0 Å². The molecule has 1 aliphatic heterocycles. The Kier molecular flexibility index (Phi) is 5.78. The third-order valence-electron chi connectivity index (χ3n) is 10.5. The van der Waals surface area contributed by atoms with Crippen molar-refractivity contribution in [3.63, 3.8) is 0 Å². The first-order valence-corrected chi connectivity index (χ1v) is 16.1. The van der Waals surface area contributed by atoms with Gasteiger partial charge >= 0.3 is 0 Å². The summed E-state index contributed by atoms with van der Waals surface area (Å²) in [4.78, 5) is 0. The fraction of sp³-hybridized carbons (Fsp3) is 0.220. The number of benzene rings is 4. The normalized spacial score (nSPS) is 24.7. The van der Waals surface area contributed by atoms with Crippen molar-refractivity contribution in [2.24, 2.45) is 5.92 Å². The molecular formula is C41H37N3. The molecule has 216 valence electrons. The summed E-state index contributed by atoms with van der Waals surface area (Å²) < 4.78 is 2.68. The Balaban J connectivity index is 1.37. The average Bonchev–Trinajstić information content (AvgIpc) is 3.50. The zero-order valence-electron chi connectivity index (χ0n) is 25.4. The van der Waals surface area contributed by atoms with Gasteiger partial charge in [-0.05, 0) is 58.7 Å². The number of nitrogens with zero attached hydrogens (tertiary/aromatic N) is 2. The third-order valence-corrected chi connectivity index (χ3v) is 10.5. The van der Waals surface area contributed by atoms with Crippen molar-refractivity contribution in [1.29, 1.82) is 0 Å². The highest BCUT2D eigenvalue weighted by atomic mass is 15.7. The van der Waals surface area contributed by atoms with Gasteiger partial charge in [0.05, 0.1) is 6.17 Å². The van der Waals surface area contributed by atoms with Gasteiger partial charge in [-0.3, -0.25) is 5.01 Å². The summed E-state index contributed by atoms with van der Waals surface area (Å²) in [5.74, 6) is 0.372. The minimum absolute atomic E-state index is 0.0579. The van der Waals surface area contributed by atoms with Gasteiger partial charge in [-0.2, -0.15) is 4.68 Å². The van der Waals surface area contributed by atoms with Crippen LogP contribution in [-0.4, -0.2) is 17.0 Å². The lowest BCUT2D eigenvalue weighted by Crippen LogP contribution is -3.27. The number of hydrogen-bond acceptors (Lipinski definition) is 0. The minimum Gasteiger partial charge on any atom is -0.549 e. The quantitative estimate of drug-likeness (QED) is 0.223. The van der Waals surface area contributed by atoms with E-state index in [9.17, 15) is 0 Å². The molecule has 5 aromatic rings. The van der Waals surface area contributed by atoms with E-state index in [-0.39, 0.29) is 17.7 Å². The van der Waals surface area contributed by atoms with Crippen LogP contribution in [0.5, 0.6) is 0 Å². The standard InChI is InChI=1S/C41H36N3/c1-41(2)34-21-13-12-20-33(34)37-35(41)25-24-32-31-23-22-30(27-14-6-3-7-15-27)26-36(31)43(38(32)37)44-39(28-16-8-4-9-17-28)42-40(44)29-18-10-5-11-19-29/h3-10,12-16,18,20-26,28,39-40H,11,17,19H2,1-2H3/q-1/p+1. The summed E-state index contributed by atoms with van der Waals surface area (Å²) >= 11 is 0. The Labute approximate surface area is 259 Å². The molecule has 0 radical (unpaired) electrons. The molecule has 4 atom stereocenters. The predicted octanol–water partition coefficient (Wildman–Crippen LogP) is 8.86. The van der Waals surface area contributed by atoms with Crippen LogP contribution in [0, 0.1) is 5.92 Å². The second-order valence-electron chi connectivity index (χ2n) is 13.3. The number of allylic oxidation sites excluding steroid dienone is 6. The first kappa shape index (κ1) is 26.0. The number of quaternary nitrogens is 1. The van der Waals surface area contributed by atoms with Gasteiger partial charge in [0.2, 0.25) is 0 Å². The van der Waals surface area contributed by atoms with Crippen LogP contribution in [-0.2, 0) is 5.41 Å². The number of hydrogen-bond donors (Lipinski definition) is 1. The maximum atomic E-state index is 5.52. The molecule has 1 aromatic heterocycles. The maximum absolute atomic E-state index is 5.52. The van der Waals surface area contributed by atoms with Crippen LogP contribution >= 0.6 is 0 Å². The van der Waals surface area contributed by atoms with Gasteiger partial charge in [0.25, 0.3) is 0 Å². The largest absolute Gasteiger partial charge is 0.549 e. The first-order chi connectivity index (χ1) is 21.6. The molecule has 3 nitrogen and oxygen atoms in total. The van der Waals surface area contributed by atoms with Crippen molar-refractivity contribution in [3.05, 3.63) is 149 Å². The van der Waals surface area contributed by atoms with Crippen LogP contribution < -0.4 is 5.01 Å². The Morgan fingerprint density at radius 1 is 0.795 bits per heavy atom. The van der Waals surface area contributed by atoms with Crippen molar-refractivity contribution in [3.8, 4) is 22.3 Å². The summed E-state index contributed by atoms with van der Waals surface area (Å²) in [5, 5.41) is 9.61. The lowest BCUT2D eigenvalue weighted by Gasteiger charge is -2.60. The zero-order valence-corrected chi connectivity index (χ0v) is 25.4. The predicted molar refractivity (Wildman–Crippen MR) is 183 cm³/mol. The molecule has 2 heterocycles. The summed E-state index contributed by atoms with van der Waals surface area (Å²) in [6, 6.07) is 31.8. The maximum Gasteiger partial charge on any atom is 0.110 e. The fourth-order valence-corrected chi connectivity index (χ4v) is 8.31. The van der Waals surface area contributed by atoms with Crippen molar-refractivity contribution < 1.29 is 5.01 Å². The van der Waals surface area contributed by atoms with Gasteiger partial charge in [-0.15, -0.1) is 0 Å². The molecule has 3 aliphatic carbocycles. The topological polar surface area (TPSA) is 23.5 Å². The van der Waals surface area contributed by atoms with E-state index in [2.05, 4.69) is 146 Å². The molecule has 0 bridgehead atoms. The smallest absolute Gasteiger partial charge is 0.110 e. The van der Waals surface area contributed by atoms with Gasteiger partial charge in [0.1, 0.15) is 11.0 Å². The van der Waals surface area contributed by atoms with Crippen LogP contribution in [0.4, 0.5) is 0 Å². The second-order valence-corrected chi connectivity index (χ2v) is 13.3. The molecule has 1 N–H and O–H groups in total. The molecule has 1 saturated heterocycles. The average molecular weight is 572 g/mol. The number of rotatable bonds is 4. The van der Waals surface area contributed by atoms with E-state index in [0.29, 0.717) is 5.92 Å². The Morgan fingerprint density at radius 2 is 1.64 bits per heavy atom. The number of fused-ring (bicyclic) bond motifs is 7. The monoisotopic (exact) mass is 571 g/mol. The Hall–Kier alpha value is -4.44. The highest BCUT2D eigenvalue weighted by Crippen LogP contribution is 2.52. The van der Waals surface area contributed by atoms with Gasteiger partial charge in [-0.25, -0.2) is 0 Å². The number of nitrogens with one attached hydrogen (secondary N) is 1. The molecular weight excluding hydrogens is 534 g/mol. The molecule has 1 fully saturated rings. The minimum atomic E-state index is -0.0579. The van der Waals surface area contributed by atoms with E-state index in [0.717, 1.165) is 19.3 Å². The SMILES string of the molecule is CC1(C)c2ccccc2-c2c1ccc1c3ccc(-c4ccccc4)cc3n([NH+]3C(C4=CC=CCC4)[N-]C3C3C=CC=CC3)c21. The zero-order chi connectivity index (χ0) is 29.4. The molecule has 3 heteroatoms. The summed E-state index contributed by atoms with van der Waals surface area (Å²) in [5.41, 5.74) is 12.1. The van der Waals surface area contributed by atoms with Crippen molar-refractivity contribution >= 4 is 21.8 Å². The van der Waals surface area contributed by atoms with E-state index in [4.69, 9.17) is 5.32 Å². The highest BCUT2D eigenvalue weighted by Gasteiger charge is 2.43. The van der Waals surface area contributed by atoms with Gasteiger partial charge in [0, 0.05) is 33.8 Å². The van der Waals surface area contributed by atoms with Crippen LogP contribution in [0.1, 0.15) is 44.2 Å². The molecule has 9 rings (SSSR count). The van der Waals surface area contributed by atoms with E-state index in [1.807, 2.05) is 0 Å². The van der Waals surface area contributed by atoms with Gasteiger partial charge in [0.15, 0.2) is 0 Å². The second kappa shape index (κ2) is 9.79. The van der Waals surface area contributed by atoms with Crippen LogP contribution in [0.3, 0.4) is 0 Å². The Bertz CT molecular complexity index is 2070. The Morgan fingerprint density at radius 3 is 2.45 bits per heavy atom. The van der Waals surface area contributed by atoms with Crippen molar-refractivity contribution in [2.45, 2.75) is 50.9 Å². The van der Waals surface area contributed by atoms with Crippen LogP contribution in [0.15, 0.2) is 133 Å². The molecule has 44 heavy (non-hydrogen) atoms. The van der Waals surface area contributed by atoms with Crippen LogP contribution in [0.25, 0.3) is 49.4 Å². The third kappa shape index (κ3) is 3.70. The van der Waals surface area contributed by atoms with E-state index >= 15 is 0 Å². The molecule has 0 amide bonds. The summed E-state index contributed by atoms with van der Waals surface area (Å²) in [6.45, 7) is 4.78. The lowest BCUT2D eigenvalue weighted by atomic mass is 9.82. The summed E-state index contributed by atoms with van der Waals surface area (Å²) in [7, 11) is 0. The van der Waals surface area contributed by atoms with E-state index in [1.165, 1.54) is 65.8 Å². The van der Waals surface area contributed by atoms with E-state index < -0.39 is 0 Å². The molecule has 0 saturated carbocycles. The first-order valence-electron chi connectivity index (χ1n) is 16.1. The van der Waals surface area contributed by atoms with Crippen LogP contribution in [0.2, 0.25) is 0 Å². The molecule has 4 unspecified atom stereocenters. The summed E-state index contributed by atoms with van der Waals surface area (Å²) in [6.07, 6.45) is 19.4. The van der Waals surface area contributed by atoms with Gasteiger partial charge in [-0.1, -0.05) is 135 Å².